The van der Waals surface area contributed by atoms with Crippen molar-refractivity contribution >= 4 is 0 Å². The molecule has 0 bridgehead atoms. The summed E-state index contributed by atoms with van der Waals surface area (Å²) in [6.07, 6.45) is 1.01. The molecule has 2 aromatic carbocycles. The van der Waals surface area contributed by atoms with Gasteiger partial charge in [0.1, 0.15) is 5.75 Å². The molecule has 0 heterocycles. The van der Waals surface area contributed by atoms with Crippen molar-refractivity contribution in [3.8, 4) is 5.75 Å². The molecule has 0 radical (unpaired) electrons. The van der Waals surface area contributed by atoms with Crippen molar-refractivity contribution in [2.45, 2.75) is 33.2 Å². The third-order valence-electron chi connectivity index (χ3n) is 3.74. The Morgan fingerprint density at radius 1 is 1.05 bits per heavy atom. The Morgan fingerprint density at radius 2 is 1.76 bits per heavy atom. The van der Waals surface area contributed by atoms with Crippen molar-refractivity contribution < 1.29 is 4.74 Å². The van der Waals surface area contributed by atoms with Crippen molar-refractivity contribution in [3.05, 3.63) is 64.7 Å². The summed E-state index contributed by atoms with van der Waals surface area (Å²) in [5.74, 6) is 0.926. The van der Waals surface area contributed by atoms with Crippen LogP contribution in [0.3, 0.4) is 0 Å². The van der Waals surface area contributed by atoms with Crippen LogP contribution in [0.4, 0.5) is 0 Å². The molecule has 2 nitrogen and oxygen atoms in total. The topological polar surface area (TPSA) is 21.3 Å². The third kappa shape index (κ3) is 4.61. The molecule has 1 atom stereocenters. The molecule has 0 aromatic heterocycles. The molecule has 2 aromatic rings. The standard InChI is InChI=1S/C19H25NO/c1-14-10-15(2)12-18(11-14)16(3)20-9-8-17-6-5-7-19(13-17)21-4/h5-7,10-13,16,20H,8-9H2,1-4H3. The zero-order chi connectivity index (χ0) is 15.2. The molecule has 0 saturated heterocycles. The lowest BCUT2D eigenvalue weighted by atomic mass is 10.0. The van der Waals surface area contributed by atoms with E-state index in [2.05, 4.69) is 56.4 Å². The highest BCUT2D eigenvalue weighted by Gasteiger charge is 2.06. The van der Waals surface area contributed by atoms with Crippen LogP contribution in [0.5, 0.6) is 5.75 Å². The van der Waals surface area contributed by atoms with E-state index in [1.165, 1.54) is 22.3 Å². The number of rotatable bonds is 6. The van der Waals surface area contributed by atoms with Crippen molar-refractivity contribution in [2.75, 3.05) is 13.7 Å². The molecule has 1 unspecified atom stereocenters. The molecule has 0 aliphatic rings. The average molecular weight is 283 g/mol. The summed E-state index contributed by atoms with van der Waals surface area (Å²) in [4.78, 5) is 0. The van der Waals surface area contributed by atoms with Crippen LogP contribution in [0.1, 0.15) is 35.2 Å². The van der Waals surface area contributed by atoms with Gasteiger partial charge in [-0.15, -0.1) is 0 Å². The van der Waals surface area contributed by atoms with Crippen LogP contribution in [0.2, 0.25) is 0 Å². The zero-order valence-electron chi connectivity index (χ0n) is 13.4. The third-order valence-corrected chi connectivity index (χ3v) is 3.74. The first-order chi connectivity index (χ1) is 10.1. The van der Waals surface area contributed by atoms with E-state index < -0.39 is 0 Å². The van der Waals surface area contributed by atoms with Gasteiger partial charge < -0.3 is 10.1 Å². The minimum Gasteiger partial charge on any atom is -0.497 e. The Kier molecular flexibility index (Phi) is 5.40. The fraction of sp³-hybridized carbons (Fsp3) is 0.368. The molecule has 0 fully saturated rings. The van der Waals surface area contributed by atoms with E-state index in [-0.39, 0.29) is 0 Å². The van der Waals surface area contributed by atoms with Crippen LogP contribution in [0, 0.1) is 13.8 Å². The molecular weight excluding hydrogens is 258 g/mol. The summed E-state index contributed by atoms with van der Waals surface area (Å²) in [6.45, 7) is 7.49. The monoisotopic (exact) mass is 283 g/mol. The van der Waals surface area contributed by atoms with Gasteiger partial charge in [-0.05, 0) is 57.0 Å². The van der Waals surface area contributed by atoms with Crippen LogP contribution in [0.25, 0.3) is 0 Å². The van der Waals surface area contributed by atoms with Crippen LogP contribution in [-0.4, -0.2) is 13.7 Å². The predicted octanol–water partition coefficient (Wildman–Crippen LogP) is 4.21. The summed E-state index contributed by atoms with van der Waals surface area (Å²) < 4.78 is 5.26. The van der Waals surface area contributed by atoms with Gasteiger partial charge in [0.2, 0.25) is 0 Å². The summed E-state index contributed by atoms with van der Waals surface area (Å²) in [6, 6.07) is 15.4. The van der Waals surface area contributed by atoms with Crippen molar-refractivity contribution in [2.24, 2.45) is 0 Å². The lowest BCUT2D eigenvalue weighted by Crippen LogP contribution is -2.21. The van der Waals surface area contributed by atoms with E-state index in [4.69, 9.17) is 4.74 Å². The molecule has 2 rings (SSSR count). The van der Waals surface area contributed by atoms with Gasteiger partial charge in [0.05, 0.1) is 7.11 Å². The number of methoxy groups -OCH3 is 1. The minimum atomic E-state index is 0.370. The molecule has 1 N–H and O–H groups in total. The van der Waals surface area contributed by atoms with Gasteiger partial charge >= 0.3 is 0 Å². The molecule has 0 spiro atoms. The molecule has 0 aliphatic carbocycles. The fourth-order valence-electron chi connectivity index (χ4n) is 2.64. The maximum atomic E-state index is 5.26. The quantitative estimate of drug-likeness (QED) is 0.857. The van der Waals surface area contributed by atoms with E-state index in [0.29, 0.717) is 6.04 Å². The minimum absolute atomic E-state index is 0.370. The summed E-state index contributed by atoms with van der Waals surface area (Å²) in [7, 11) is 1.71. The van der Waals surface area contributed by atoms with E-state index in [9.17, 15) is 0 Å². The Labute approximate surface area is 128 Å². The van der Waals surface area contributed by atoms with Gasteiger partial charge in [-0.3, -0.25) is 0 Å². The van der Waals surface area contributed by atoms with Crippen LogP contribution in [-0.2, 0) is 6.42 Å². The van der Waals surface area contributed by atoms with Crippen LogP contribution >= 0.6 is 0 Å². The Bertz CT molecular complexity index is 572. The van der Waals surface area contributed by atoms with Crippen molar-refractivity contribution in [1.82, 2.24) is 5.32 Å². The Hall–Kier alpha value is -1.80. The van der Waals surface area contributed by atoms with Gasteiger partial charge in [-0.25, -0.2) is 0 Å². The molecule has 0 saturated carbocycles. The highest BCUT2D eigenvalue weighted by molar-refractivity contribution is 5.31. The number of ether oxygens (including phenoxy) is 1. The molecule has 21 heavy (non-hydrogen) atoms. The average Bonchev–Trinajstić information content (AvgIpc) is 2.46. The van der Waals surface area contributed by atoms with E-state index in [1.807, 2.05) is 12.1 Å². The summed E-state index contributed by atoms with van der Waals surface area (Å²) in [5.41, 5.74) is 5.31. The highest BCUT2D eigenvalue weighted by atomic mass is 16.5. The molecule has 2 heteroatoms. The van der Waals surface area contributed by atoms with Gasteiger partial charge in [-0.1, -0.05) is 41.5 Å². The highest BCUT2D eigenvalue weighted by Crippen LogP contribution is 2.17. The second-order valence-corrected chi connectivity index (χ2v) is 5.70. The molecule has 0 aliphatic heterocycles. The van der Waals surface area contributed by atoms with E-state index in [1.54, 1.807) is 7.11 Å². The van der Waals surface area contributed by atoms with Crippen LogP contribution < -0.4 is 10.1 Å². The fourth-order valence-corrected chi connectivity index (χ4v) is 2.64. The lowest BCUT2D eigenvalue weighted by Gasteiger charge is -2.16. The van der Waals surface area contributed by atoms with Crippen molar-refractivity contribution in [3.63, 3.8) is 0 Å². The largest absolute Gasteiger partial charge is 0.497 e. The van der Waals surface area contributed by atoms with Crippen molar-refractivity contribution in [1.29, 1.82) is 0 Å². The predicted molar refractivity (Wildman–Crippen MR) is 89.0 cm³/mol. The number of aryl methyl sites for hydroxylation is 2. The second kappa shape index (κ2) is 7.28. The lowest BCUT2D eigenvalue weighted by molar-refractivity contribution is 0.414. The normalized spacial score (nSPS) is 12.2. The van der Waals surface area contributed by atoms with E-state index in [0.717, 1.165) is 18.7 Å². The maximum Gasteiger partial charge on any atom is 0.119 e. The van der Waals surface area contributed by atoms with Gasteiger partial charge in [0, 0.05) is 6.04 Å². The smallest absolute Gasteiger partial charge is 0.119 e. The zero-order valence-corrected chi connectivity index (χ0v) is 13.4. The maximum absolute atomic E-state index is 5.26. The molecule has 0 amide bonds. The van der Waals surface area contributed by atoms with Gasteiger partial charge in [0.15, 0.2) is 0 Å². The molecular formula is C19H25NO. The summed E-state index contributed by atoms with van der Waals surface area (Å²) >= 11 is 0. The second-order valence-electron chi connectivity index (χ2n) is 5.70. The first kappa shape index (κ1) is 15.6. The first-order valence-corrected chi connectivity index (χ1v) is 7.53. The van der Waals surface area contributed by atoms with Gasteiger partial charge in [-0.2, -0.15) is 0 Å². The Balaban J connectivity index is 1.90. The van der Waals surface area contributed by atoms with E-state index >= 15 is 0 Å². The number of benzene rings is 2. The van der Waals surface area contributed by atoms with Gasteiger partial charge in [0.25, 0.3) is 0 Å². The SMILES string of the molecule is COc1cccc(CCNC(C)c2cc(C)cc(C)c2)c1. The number of hydrogen-bond donors (Lipinski definition) is 1. The number of hydrogen-bond acceptors (Lipinski definition) is 2. The first-order valence-electron chi connectivity index (χ1n) is 7.53. The number of nitrogens with one attached hydrogen (secondary N) is 1. The molecule has 112 valence electrons. The summed E-state index contributed by atoms with van der Waals surface area (Å²) in [5, 5.41) is 3.60. The Morgan fingerprint density at radius 3 is 2.43 bits per heavy atom. The van der Waals surface area contributed by atoms with Crippen LogP contribution in [0.15, 0.2) is 42.5 Å².